The molecular formula is C12H16N4O2S. The Hall–Kier alpha value is -1.86. The molecule has 1 aromatic carbocycles. The Balaban J connectivity index is 2.12. The van der Waals surface area contributed by atoms with E-state index in [4.69, 9.17) is 5.73 Å². The van der Waals surface area contributed by atoms with E-state index in [2.05, 4.69) is 14.7 Å². The number of nitrogens with two attached hydrogens (primary N) is 1. The van der Waals surface area contributed by atoms with Crippen molar-refractivity contribution in [3.05, 3.63) is 41.9 Å². The van der Waals surface area contributed by atoms with E-state index in [1.807, 2.05) is 13.0 Å². The molecule has 0 saturated carbocycles. The van der Waals surface area contributed by atoms with Gasteiger partial charge in [-0.05, 0) is 11.6 Å². The number of aromatic nitrogens is 2. The third-order valence-corrected chi connectivity index (χ3v) is 4.05. The van der Waals surface area contributed by atoms with E-state index in [0.717, 1.165) is 5.56 Å². The summed E-state index contributed by atoms with van der Waals surface area (Å²) < 4.78 is 26.5. The van der Waals surface area contributed by atoms with Gasteiger partial charge < -0.3 is 10.7 Å². The molecule has 0 amide bonds. The number of aromatic amines is 1. The highest BCUT2D eigenvalue weighted by molar-refractivity contribution is 7.89. The maximum Gasteiger partial charge on any atom is 0.257 e. The van der Waals surface area contributed by atoms with Gasteiger partial charge in [0.1, 0.15) is 5.82 Å². The van der Waals surface area contributed by atoms with Crippen LogP contribution in [0.3, 0.4) is 0 Å². The number of imidazole rings is 1. The lowest BCUT2D eigenvalue weighted by Crippen LogP contribution is -2.24. The molecular weight excluding hydrogens is 264 g/mol. The number of hydrogen-bond acceptors (Lipinski definition) is 4. The lowest BCUT2D eigenvalue weighted by molar-refractivity contribution is 0.578. The molecule has 0 aliphatic heterocycles. The number of nitrogens with one attached hydrogen (secondary N) is 2. The molecule has 2 aromatic rings. The van der Waals surface area contributed by atoms with Gasteiger partial charge in [-0.3, -0.25) is 0 Å². The molecule has 0 atom stereocenters. The molecule has 2 rings (SSSR count). The molecule has 0 aliphatic rings. The SMILES string of the molecule is CCc1ncc(S(=O)(=O)NCc2ccccc2N)[nH]1. The fourth-order valence-electron chi connectivity index (χ4n) is 1.61. The summed E-state index contributed by atoms with van der Waals surface area (Å²) >= 11 is 0. The van der Waals surface area contributed by atoms with Gasteiger partial charge in [0.2, 0.25) is 0 Å². The Morgan fingerprint density at radius 1 is 1.37 bits per heavy atom. The summed E-state index contributed by atoms with van der Waals surface area (Å²) in [5.74, 6) is 0.639. The number of sulfonamides is 1. The maximum atomic E-state index is 12.0. The number of anilines is 1. The van der Waals surface area contributed by atoms with Crippen LogP contribution >= 0.6 is 0 Å². The summed E-state index contributed by atoms with van der Waals surface area (Å²) in [6.45, 7) is 2.04. The predicted octanol–water partition coefficient (Wildman–Crippen LogP) is 1.03. The lowest BCUT2D eigenvalue weighted by atomic mass is 10.2. The molecule has 0 bridgehead atoms. The summed E-state index contributed by atoms with van der Waals surface area (Å²) in [5.41, 5.74) is 7.06. The fraction of sp³-hybridized carbons (Fsp3) is 0.250. The summed E-state index contributed by atoms with van der Waals surface area (Å²) in [4.78, 5) is 6.74. The molecule has 0 saturated heterocycles. The van der Waals surface area contributed by atoms with Crippen LogP contribution in [0.25, 0.3) is 0 Å². The van der Waals surface area contributed by atoms with Crippen molar-refractivity contribution < 1.29 is 8.42 Å². The maximum absolute atomic E-state index is 12.0. The number of hydrogen-bond donors (Lipinski definition) is 3. The second kappa shape index (κ2) is 5.41. The van der Waals surface area contributed by atoms with Crippen molar-refractivity contribution in [2.75, 3.05) is 5.73 Å². The zero-order chi connectivity index (χ0) is 13.9. The second-order valence-electron chi connectivity index (χ2n) is 4.07. The molecule has 0 unspecified atom stereocenters. The van der Waals surface area contributed by atoms with Gasteiger partial charge in [-0.25, -0.2) is 18.1 Å². The smallest absolute Gasteiger partial charge is 0.257 e. The van der Waals surface area contributed by atoms with E-state index in [1.165, 1.54) is 6.20 Å². The number of rotatable bonds is 5. The van der Waals surface area contributed by atoms with E-state index in [-0.39, 0.29) is 11.6 Å². The number of benzene rings is 1. The van der Waals surface area contributed by atoms with Gasteiger partial charge in [-0.1, -0.05) is 25.1 Å². The monoisotopic (exact) mass is 280 g/mol. The van der Waals surface area contributed by atoms with Crippen LogP contribution in [0.4, 0.5) is 5.69 Å². The van der Waals surface area contributed by atoms with E-state index >= 15 is 0 Å². The first-order valence-corrected chi connectivity index (χ1v) is 7.38. The van der Waals surface area contributed by atoms with E-state index in [0.29, 0.717) is 17.9 Å². The fourth-order valence-corrected chi connectivity index (χ4v) is 2.55. The van der Waals surface area contributed by atoms with E-state index in [1.54, 1.807) is 18.2 Å². The van der Waals surface area contributed by atoms with Gasteiger partial charge in [0.25, 0.3) is 10.0 Å². The number of para-hydroxylation sites is 1. The summed E-state index contributed by atoms with van der Waals surface area (Å²) in [5, 5.41) is 0.0684. The van der Waals surface area contributed by atoms with Gasteiger partial charge in [0, 0.05) is 18.7 Å². The Morgan fingerprint density at radius 2 is 2.11 bits per heavy atom. The molecule has 4 N–H and O–H groups in total. The Bertz CT molecular complexity index is 664. The Labute approximate surface area is 112 Å². The van der Waals surface area contributed by atoms with Crippen molar-refractivity contribution in [1.29, 1.82) is 0 Å². The van der Waals surface area contributed by atoms with Crippen LogP contribution in [0, 0.1) is 0 Å². The van der Waals surface area contributed by atoms with Crippen LogP contribution in [-0.4, -0.2) is 18.4 Å². The Kier molecular flexibility index (Phi) is 3.87. The van der Waals surface area contributed by atoms with Gasteiger partial charge >= 0.3 is 0 Å². The van der Waals surface area contributed by atoms with Crippen LogP contribution in [0.5, 0.6) is 0 Å². The van der Waals surface area contributed by atoms with Crippen LogP contribution in [0.2, 0.25) is 0 Å². The van der Waals surface area contributed by atoms with Crippen LogP contribution in [-0.2, 0) is 23.0 Å². The average molecular weight is 280 g/mol. The number of nitrogen functional groups attached to an aromatic ring is 1. The molecule has 0 spiro atoms. The number of nitrogens with zero attached hydrogens (tertiary/aromatic N) is 1. The highest BCUT2D eigenvalue weighted by atomic mass is 32.2. The third-order valence-electron chi connectivity index (χ3n) is 2.74. The van der Waals surface area contributed by atoms with Crippen molar-refractivity contribution in [3.8, 4) is 0 Å². The van der Waals surface area contributed by atoms with Gasteiger partial charge in [0.15, 0.2) is 5.03 Å². The first kappa shape index (κ1) is 13.6. The molecule has 1 heterocycles. The quantitative estimate of drug-likeness (QED) is 0.712. The largest absolute Gasteiger partial charge is 0.398 e. The minimum absolute atomic E-state index is 0.0684. The van der Waals surface area contributed by atoms with Crippen LogP contribution < -0.4 is 10.5 Å². The van der Waals surface area contributed by atoms with Gasteiger partial charge in [0.05, 0.1) is 6.20 Å². The molecule has 19 heavy (non-hydrogen) atoms. The standard InChI is InChI=1S/C12H16N4O2S/c1-2-11-14-8-12(16-11)19(17,18)15-7-9-5-3-4-6-10(9)13/h3-6,8,15H,2,7,13H2,1H3,(H,14,16). The van der Waals surface area contributed by atoms with Crippen molar-refractivity contribution >= 4 is 15.7 Å². The predicted molar refractivity (Wildman–Crippen MR) is 72.8 cm³/mol. The molecule has 6 nitrogen and oxygen atoms in total. The highest BCUT2D eigenvalue weighted by Crippen LogP contribution is 2.12. The lowest BCUT2D eigenvalue weighted by Gasteiger charge is -2.07. The summed E-state index contributed by atoms with van der Waals surface area (Å²) in [6.07, 6.45) is 1.97. The van der Waals surface area contributed by atoms with Crippen molar-refractivity contribution in [1.82, 2.24) is 14.7 Å². The summed E-state index contributed by atoms with van der Waals surface area (Å²) in [6, 6.07) is 7.12. The molecule has 0 fully saturated rings. The van der Waals surface area contributed by atoms with Gasteiger partial charge in [-0.15, -0.1) is 0 Å². The first-order chi connectivity index (χ1) is 9.03. The zero-order valence-electron chi connectivity index (χ0n) is 10.6. The molecule has 102 valence electrons. The zero-order valence-corrected chi connectivity index (χ0v) is 11.4. The second-order valence-corrected chi connectivity index (χ2v) is 5.81. The molecule has 0 aliphatic carbocycles. The minimum Gasteiger partial charge on any atom is -0.398 e. The molecule has 1 aromatic heterocycles. The molecule has 7 heteroatoms. The number of aryl methyl sites for hydroxylation is 1. The topological polar surface area (TPSA) is 101 Å². The van der Waals surface area contributed by atoms with Gasteiger partial charge in [-0.2, -0.15) is 0 Å². The Morgan fingerprint density at radius 3 is 2.74 bits per heavy atom. The average Bonchev–Trinajstić information content (AvgIpc) is 2.87. The van der Waals surface area contributed by atoms with E-state index < -0.39 is 10.0 Å². The van der Waals surface area contributed by atoms with Crippen molar-refractivity contribution in [2.24, 2.45) is 0 Å². The third kappa shape index (κ3) is 3.12. The normalized spacial score (nSPS) is 11.6. The van der Waals surface area contributed by atoms with E-state index in [9.17, 15) is 8.42 Å². The highest BCUT2D eigenvalue weighted by Gasteiger charge is 2.16. The molecule has 0 radical (unpaired) electrons. The number of H-pyrrole nitrogens is 1. The van der Waals surface area contributed by atoms with Crippen LogP contribution in [0.15, 0.2) is 35.5 Å². The first-order valence-electron chi connectivity index (χ1n) is 5.90. The van der Waals surface area contributed by atoms with Crippen LogP contribution in [0.1, 0.15) is 18.3 Å². The summed E-state index contributed by atoms with van der Waals surface area (Å²) in [7, 11) is -3.59. The minimum atomic E-state index is -3.59. The van der Waals surface area contributed by atoms with Crippen molar-refractivity contribution in [3.63, 3.8) is 0 Å². The van der Waals surface area contributed by atoms with Crippen molar-refractivity contribution in [2.45, 2.75) is 24.9 Å².